The van der Waals surface area contributed by atoms with Gasteiger partial charge in [-0.1, -0.05) is 30.3 Å². The Morgan fingerprint density at radius 2 is 1.90 bits per heavy atom. The molecule has 0 fully saturated rings. The van der Waals surface area contributed by atoms with Gasteiger partial charge in [-0.05, 0) is 17.7 Å². The number of phenolic OH excluding ortho intramolecular Hbond substituents is 1. The molecule has 0 aromatic heterocycles. The Labute approximate surface area is 125 Å². The van der Waals surface area contributed by atoms with Crippen LogP contribution in [-0.4, -0.2) is 27.1 Å². The first kappa shape index (κ1) is 15.3. The Morgan fingerprint density at radius 1 is 1.19 bits per heavy atom. The zero-order chi connectivity index (χ0) is 15.2. The second kappa shape index (κ2) is 7.04. The molecule has 5 heteroatoms. The molecule has 0 bridgehead atoms. The van der Waals surface area contributed by atoms with Gasteiger partial charge in [0.25, 0.3) is 0 Å². The third-order valence-electron chi connectivity index (χ3n) is 2.85. The Balaban J connectivity index is 2.05. The van der Waals surface area contributed by atoms with Gasteiger partial charge in [0.15, 0.2) is 5.78 Å². The number of hydrogen-bond acceptors (Lipinski definition) is 4. The molecule has 0 radical (unpaired) electrons. The number of ketones is 1. The van der Waals surface area contributed by atoms with E-state index in [0.717, 1.165) is 5.56 Å². The molecule has 0 saturated heterocycles. The van der Waals surface area contributed by atoms with Gasteiger partial charge >= 0.3 is 0 Å². The molecule has 1 unspecified atom stereocenters. The summed E-state index contributed by atoms with van der Waals surface area (Å²) in [5, 5.41) is 9.87. The van der Waals surface area contributed by atoms with Crippen LogP contribution in [0.5, 0.6) is 11.5 Å². The molecule has 2 rings (SSSR count). The van der Waals surface area contributed by atoms with E-state index in [1.807, 2.05) is 30.3 Å². The van der Waals surface area contributed by atoms with E-state index in [1.165, 1.54) is 18.4 Å². The van der Waals surface area contributed by atoms with Gasteiger partial charge in [0.1, 0.15) is 18.1 Å². The SMILES string of the molecule is CS(=O)CC(=O)c1ccc(OCc2ccccc2)cc1O. The van der Waals surface area contributed by atoms with Crippen molar-refractivity contribution in [2.75, 3.05) is 12.0 Å². The van der Waals surface area contributed by atoms with Crippen LogP contribution in [0.1, 0.15) is 15.9 Å². The summed E-state index contributed by atoms with van der Waals surface area (Å²) in [5.41, 5.74) is 1.18. The molecule has 2 aromatic carbocycles. The highest BCUT2D eigenvalue weighted by atomic mass is 32.2. The first-order valence-electron chi connectivity index (χ1n) is 6.39. The van der Waals surface area contributed by atoms with E-state index in [0.29, 0.717) is 12.4 Å². The van der Waals surface area contributed by atoms with Crippen LogP contribution in [-0.2, 0) is 17.4 Å². The smallest absolute Gasteiger partial charge is 0.179 e. The standard InChI is InChI=1S/C16H16O4S/c1-21(19)11-16(18)14-8-7-13(9-15(14)17)20-10-12-5-3-2-4-6-12/h2-9,17H,10-11H2,1H3. The number of aromatic hydroxyl groups is 1. The van der Waals surface area contributed by atoms with Crippen LogP contribution < -0.4 is 4.74 Å². The minimum atomic E-state index is -1.23. The fourth-order valence-electron chi connectivity index (χ4n) is 1.84. The monoisotopic (exact) mass is 304 g/mol. The van der Waals surface area contributed by atoms with E-state index in [2.05, 4.69) is 0 Å². The molecule has 0 aliphatic heterocycles. The first-order chi connectivity index (χ1) is 10.1. The lowest BCUT2D eigenvalue weighted by molar-refractivity contribution is 0.101. The highest BCUT2D eigenvalue weighted by molar-refractivity contribution is 7.85. The Bertz CT molecular complexity index is 653. The molecule has 0 saturated carbocycles. The van der Waals surface area contributed by atoms with Crippen molar-refractivity contribution in [2.24, 2.45) is 0 Å². The largest absolute Gasteiger partial charge is 0.507 e. The number of benzene rings is 2. The van der Waals surface area contributed by atoms with Crippen molar-refractivity contribution in [2.45, 2.75) is 6.61 Å². The van der Waals surface area contributed by atoms with Crippen molar-refractivity contribution in [1.29, 1.82) is 0 Å². The van der Waals surface area contributed by atoms with Crippen LogP contribution in [0.3, 0.4) is 0 Å². The quantitative estimate of drug-likeness (QED) is 0.833. The fourth-order valence-corrected chi connectivity index (χ4v) is 2.37. The lowest BCUT2D eigenvalue weighted by Crippen LogP contribution is -2.09. The molecule has 0 aliphatic carbocycles. The van der Waals surface area contributed by atoms with Gasteiger partial charge in [0, 0.05) is 23.1 Å². The summed E-state index contributed by atoms with van der Waals surface area (Å²) in [5.74, 6) is -0.123. The molecule has 0 spiro atoms. The third-order valence-corrected chi connectivity index (χ3v) is 3.52. The fraction of sp³-hybridized carbons (Fsp3) is 0.188. The van der Waals surface area contributed by atoms with Crippen LogP contribution >= 0.6 is 0 Å². The van der Waals surface area contributed by atoms with Crippen molar-refractivity contribution in [3.05, 3.63) is 59.7 Å². The second-order valence-corrected chi connectivity index (χ2v) is 6.03. The van der Waals surface area contributed by atoms with Crippen molar-refractivity contribution in [3.8, 4) is 11.5 Å². The maximum Gasteiger partial charge on any atom is 0.179 e. The lowest BCUT2D eigenvalue weighted by Gasteiger charge is -2.08. The van der Waals surface area contributed by atoms with Gasteiger partial charge in [-0.25, -0.2) is 0 Å². The number of phenols is 1. The number of Topliss-reactive ketones (excluding diaryl/α,β-unsaturated/α-hetero) is 1. The van der Waals surface area contributed by atoms with Gasteiger partial charge in [-0.15, -0.1) is 0 Å². The molecular weight excluding hydrogens is 288 g/mol. The van der Waals surface area contributed by atoms with Crippen molar-refractivity contribution < 1.29 is 18.8 Å². The average molecular weight is 304 g/mol. The van der Waals surface area contributed by atoms with Crippen molar-refractivity contribution in [1.82, 2.24) is 0 Å². The predicted molar refractivity (Wildman–Crippen MR) is 82.1 cm³/mol. The summed E-state index contributed by atoms with van der Waals surface area (Å²) < 4.78 is 16.6. The highest BCUT2D eigenvalue weighted by Crippen LogP contribution is 2.24. The summed E-state index contributed by atoms with van der Waals surface area (Å²) in [6.07, 6.45) is 1.45. The van der Waals surface area contributed by atoms with Gasteiger partial charge < -0.3 is 9.84 Å². The summed E-state index contributed by atoms with van der Waals surface area (Å²) in [4.78, 5) is 11.8. The topological polar surface area (TPSA) is 63.6 Å². The van der Waals surface area contributed by atoms with Crippen LogP contribution in [0.4, 0.5) is 0 Å². The molecule has 2 aromatic rings. The van der Waals surface area contributed by atoms with Gasteiger partial charge in [-0.3, -0.25) is 9.00 Å². The zero-order valence-electron chi connectivity index (χ0n) is 11.6. The van der Waals surface area contributed by atoms with Crippen LogP contribution in [0.15, 0.2) is 48.5 Å². The first-order valence-corrected chi connectivity index (χ1v) is 8.12. The molecule has 0 aliphatic rings. The van der Waals surface area contributed by atoms with Crippen molar-refractivity contribution >= 4 is 16.6 Å². The number of carbonyl (C=O) groups excluding carboxylic acids is 1. The van der Waals surface area contributed by atoms with Crippen molar-refractivity contribution in [3.63, 3.8) is 0 Å². The molecule has 1 atom stereocenters. The van der Waals surface area contributed by atoms with E-state index in [-0.39, 0.29) is 22.8 Å². The molecule has 1 N–H and O–H groups in total. The maximum absolute atomic E-state index is 11.8. The molecule has 4 nitrogen and oxygen atoms in total. The lowest BCUT2D eigenvalue weighted by atomic mass is 10.1. The summed E-state index contributed by atoms with van der Waals surface area (Å²) >= 11 is 0. The number of ether oxygens (including phenoxy) is 1. The highest BCUT2D eigenvalue weighted by Gasteiger charge is 2.13. The Morgan fingerprint density at radius 3 is 2.52 bits per heavy atom. The van der Waals surface area contributed by atoms with E-state index in [4.69, 9.17) is 4.74 Å². The van der Waals surface area contributed by atoms with E-state index in [1.54, 1.807) is 6.07 Å². The van der Waals surface area contributed by atoms with Crippen LogP contribution in [0, 0.1) is 0 Å². The summed E-state index contributed by atoms with van der Waals surface area (Å²) in [7, 11) is -1.23. The summed E-state index contributed by atoms with van der Waals surface area (Å²) in [6.45, 7) is 0.381. The second-order valence-electron chi connectivity index (χ2n) is 4.59. The molecule has 0 heterocycles. The van der Waals surface area contributed by atoms with Crippen LogP contribution in [0.25, 0.3) is 0 Å². The summed E-state index contributed by atoms with van der Waals surface area (Å²) in [6, 6.07) is 14.1. The Hall–Kier alpha value is -2.14. The van der Waals surface area contributed by atoms with E-state index >= 15 is 0 Å². The molecule has 21 heavy (non-hydrogen) atoms. The van der Waals surface area contributed by atoms with Gasteiger partial charge in [0.05, 0.1) is 11.3 Å². The van der Waals surface area contributed by atoms with Crippen LogP contribution in [0.2, 0.25) is 0 Å². The molecular formula is C16H16O4S. The number of carbonyl (C=O) groups is 1. The minimum Gasteiger partial charge on any atom is -0.507 e. The third kappa shape index (κ3) is 4.43. The Kier molecular flexibility index (Phi) is 5.11. The normalized spacial score (nSPS) is 11.9. The van der Waals surface area contributed by atoms with E-state index < -0.39 is 10.8 Å². The zero-order valence-corrected chi connectivity index (χ0v) is 12.4. The minimum absolute atomic E-state index is 0.0994. The molecule has 110 valence electrons. The van der Waals surface area contributed by atoms with Gasteiger partial charge in [-0.2, -0.15) is 0 Å². The van der Waals surface area contributed by atoms with E-state index in [9.17, 15) is 14.1 Å². The molecule has 0 amide bonds. The number of hydrogen-bond donors (Lipinski definition) is 1. The number of rotatable bonds is 6. The predicted octanol–water partition coefficient (Wildman–Crippen LogP) is 2.53. The van der Waals surface area contributed by atoms with Gasteiger partial charge in [0.2, 0.25) is 0 Å². The maximum atomic E-state index is 11.8. The average Bonchev–Trinajstić information content (AvgIpc) is 2.45.